The van der Waals surface area contributed by atoms with Crippen LogP contribution in [-0.4, -0.2) is 56.8 Å². The first kappa shape index (κ1) is 24.4. The number of fused-ring (bicyclic) bond motifs is 1. The summed E-state index contributed by atoms with van der Waals surface area (Å²) in [7, 11) is 1.51. The molecule has 182 valence electrons. The topological polar surface area (TPSA) is 100 Å². The predicted molar refractivity (Wildman–Crippen MR) is 128 cm³/mol. The van der Waals surface area contributed by atoms with E-state index in [0.29, 0.717) is 39.5 Å². The van der Waals surface area contributed by atoms with Crippen molar-refractivity contribution in [3.63, 3.8) is 0 Å². The van der Waals surface area contributed by atoms with E-state index < -0.39 is 17.7 Å². The number of hydrogen-bond donors (Lipinski definition) is 2. The van der Waals surface area contributed by atoms with E-state index in [0.717, 1.165) is 17.8 Å². The number of anilines is 1. The Hall–Kier alpha value is -2.73. The summed E-state index contributed by atoms with van der Waals surface area (Å²) in [6, 6.07) is 3.59. The highest BCUT2D eigenvalue weighted by Crippen LogP contribution is 2.38. The number of thiazole rings is 1. The van der Waals surface area contributed by atoms with E-state index in [2.05, 4.69) is 20.3 Å². The summed E-state index contributed by atoms with van der Waals surface area (Å²) in [6.07, 6.45) is -0.336. The molecule has 2 N–H and O–H groups in total. The number of thioether (sulfide) groups is 1. The first-order valence-electron chi connectivity index (χ1n) is 10.6. The molecule has 4 rings (SSSR count). The molecule has 1 saturated heterocycles. The molecule has 3 heterocycles. The lowest BCUT2D eigenvalue weighted by Crippen LogP contribution is -2.49. The minimum Gasteiger partial charge on any atom is -0.473 e. The third-order valence-electron chi connectivity index (χ3n) is 5.63. The van der Waals surface area contributed by atoms with Crippen LogP contribution in [0.5, 0.6) is 5.19 Å². The number of hydrogen-bond acceptors (Lipinski definition) is 8. The van der Waals surface area contributed by atoms with Crippen LogP contribution in [0.2, 0.25) is 0 Å². The molecule has 2 atom stereocenters. The van der Waals surface area contributed by atoms with Crippen LogP contribution in [0.25, 0.3) is 10.3 Å². The Labute approximate surface area is 203 Å². The lowest BCUT2D eigenvalue weighted by molar-refractivity contribution is 0.103. The lowest BCUT2D eigenvalue weighted by Gasteiger charge is -2.37. The van der Waals surface area contributed by atoms with Gasteiger partial charge in [-0.3, -0.25) is 0 Å². The Kier molecular flexibility index (Phi) is 6.81. The molecule has 0 aliphatic carbocycles. The van der Waals surface area contributed by atoms with E-state index in [1.165, 1.54) is 35.5 Å². The average Bonchev–Trinajstić information content (AvgIpc) is 3.39. The van der Waals surface area contributed by atoms with E-state index in [1.807, 2.05) is 20.8 Å². The quantitative estimate of drug-likeness (QED) is 0.344. The van der Waals surface area contributed by atoms with Gasteiger partial charge in [0.1, 0.15) is 4.70 Å². The maximum atomic E-state index is 14.1. The molecule has 1 aromatic carbocycles. The largest absolute Gasteiger partial charge is 0.473 e. The van der Waals surface area contributed by atoms with Gasteiger partial charge >= 0.3 is 6.09 Å². The zero-order valence-corrected chi connectivity index (χ0v) is 20.8. The van der Waals surface area contributed by atoms with Gasteiger partial charge in [0.05, 0.1) is 19.2 Å². The predicted octanol–water partition coefficient (Wildman–Crippen LogP) is 5.24. The van der Waals surface area contributed by atoms with Gasteiger partial charge in [0.15, 0.2) is 28.3 Å². The van der Waals surface area contributed by atoms with Crippen molar-refractivity contribution in [2.24, 2.45) is 5.41 Å². The van der Waals surface area contributed by atoms with E-state index in [-0.39, 0.29) is 28.8 Å². The van der Waals surface area contributed by atoms with Crippen molar-refractivity contribution in [2.75, 3.05) is 19.0 Å². The van der Waals surface area contributed by atoms with Crippen LogP contribution in [0.4, 0.5) is 19.4 Å². The highest BCUT2D eigenvalue weighted by atomic mass is 32.2. The Morgan fingerprint density at radius 3 is 2.76 bits per heavy atom. The number of nitrogens with zero attached hydrogens (tertiary/aromatic N) is 4. The van der Waals surface area contributed by atoms with Crippen LogP contribution in [0, 0.1) is 17.0 Å². The van der Waals surface area contributed by atoms with Crippen LogP contribution in [0.3, 0.4) is 0 Å². The van der Waals surface area contributed by atoms with Crippen molar-refractivity contribution >= 4 is 45.4 Å². The number of benzene rings is 1. The molecular formula is C22H25F2N5O3S2. The van der Waals surface area contributed by atoms with Crippen molar-refractivity contribution in [2.45, 2.75) is 50.2 Å². The second-order valence-corrected chi connectivity index (χ2v) is 10.9. The van der Waals surface area contributed by atoms with Gasteiger partial charge in [-0.1, -0.05) is 56.0 Å². The minimum absolute atomic E-state index is 0.136. The van der Waals surface area contributed by atoms with Crippen LogP contribution in [0.1, 0.15) is 32.8 Å². The molecule has 0 spiro atoms. The Morgan fingerprint density at radius 1 is 1.32 bits per heavy atom. The molecule has 1 aliphatic rings. The van der Waals surface area contributed by atoms with Gasteiger partial charge in [-0.15, -0.1) is 0 Å². The molecule has 34 heavy (non-hydrogen) atoms. The second-order valence-electron chi connectivity index (χ2n) is 9.02. The number of likely N-dealkylation sites (tertiary alicyclic amines) is 1. The number of carboxylic acid groups (broad SMARTS) is 1. The van der Waals surface area contributed by atoms with Crippen molar-refractivity contribution in [3.8, 4) is 5.19 Å². The molecule has 1 aliphatic heterocycles. The molecule has 2 aromatic heterocycles. The normalized spacial score (nSPS) is 18.5. The summed E-state index contributed by atoms with van der Waals surface area (Å²) >= 11 is 2.44. The zero-order chi connectivity index (χ0) is 24.6. The number of carbonyl (C=O) groups is 1. The van der Waals surface area contributed by atoms with Crippen LogP contribution in [0.15, 0.2) is 23.4 Å². The summed E-state index contributed by atoms with van der Waals surface area (Å²) in [5.74, 6) is -1.15. The number of nitrogens with one attached hydrogen (secondary N) is 1. The number of aromatic nitrogens is 3. The third kappa shape index (κ3) is 4.88. The fraction of sp³-hybridized carbons (Fsp3) is 0.455. The van der Waals surface area contributed by atoms with E-state index in [9.17, 15) is 18.7 Å². The lowest BCUT2D eigenvalue weighted by atomic mass is 9.82. The van der Waals surface area contributed by atoms with Crippen LogP contribution >= 0.6 is 23.1 Å². The van der Waals surface area contributed by atoms with E-state index in [1.54, 1.807) is 0 Å². The van der Waals surface area contributed by atoms with Crippen LogP contribution < -0.4 is 10.1 Å². The summed E-state index contributed by atoms with van der Waals surface area (Å²) in [4.78, 5) is 26.8. The Bertz CT molecular complexity index is 1220. The third-order valence-corrected chi connectivity index (χ3v) is 7.54. The van der Waals surface area contributed by atoms with E-state index in [4.69, 9.17) is 4.74 Å². The molecule has 0 radical (unpaired) electrons. The Morgan fingerprint density at radius 2 is 2.09 bits per heavy atom. The number of methoxy groups -OCH3 is 1. The van der Waals surface area contributed by atoms with Crippen LogP contribution in [-0.2, 0) is 5.75 Å². The average molecular weight is 510 g/mol. The van der Waals surface area contributed by atoms with E-state index >= 15 is 0 Å². The molecular weight excluding hydrogens is 484 g/mol. The Balaban J connectivity index is 1.66. The summed E-state index contributed by atoms with van der Waals surface area (Å²) in [6.45, 7) is 6.44. The molecule has 8 nitrogen and oxygen atoms in total. The molecule has 0 saturated carbocycles. The maximum Gasteiger partial charge on any atom is 0.407 e. The maximum absolute atomic E-state index is 14.1. The van der Waals surface area contributed by atoms with Gasteiger partial charge in [-0.05, 0) is 17.9 Å². The van der Waals surface area contributed by atoms with Crippen molar-refractivity contribution in [1.82, 2.24) is 19.9 Å². The highest BCUT2D eigenvalue weighted by molar-refractivity contribution is 7.98. The SMILES string of the molecule is COc1nc2nc(SCc3cccc(F)c3F)nc(N[C@@H]3CCN(C(=O)O)C3C(C)(C)C)c2s1. The minimum atomic E-state index is -0.954. The van der Waals surface area contributed by atoms with Gasteiger partial charge in [-0.25, -0.2) is 23.5 Å². The van der Waals surface area contributed by atoms with Gasteiger partial charge in [-0.2, -0.15) is 4.98 Å². The number of amides is 1. The van der Waals surface area contributed by atoms with Crippen molar-refractivity contribution < 1.29 is 23.4 Å². The fourth-order valence-corrected chi connectivity index (χ4v) is 5.83. The molecule has 12 heteroatoms. The van der Waals surface area contributed by atoms with Gasteiger partial charge in [0.25, 0.3) is 5.19 Å². The molecule has 0 bridgehead atoms. The first-order chi connectivity index (χ1) is 16.1. The molecule has 1 fully saturated rings. The standard InChI is InChI=1S/C22H25F2N5O3S2/c1-22(2,3)16-13(8-9-29(16)21(30)31)25-17-15-18(28-20(32-4)34-15)27-19(26-17)33-10-11-6-5-7-12(23)14(11)24/h5-7,13,16H,8-10H2,1-4H3,(H,30,31)(H,25,26,27)/t13-,16?/m1/s1. The fourth-order valence-electron chi connectivity index (χ4n) is 4.24. The van der Waals surface area contributed by atoms with Gasteiger partial charge in [0.2, 0.25) is 0 Å². The van der Waals surface area contributed by atoms with Crippen molar-refractivity contribution in [3.05, 3.63) is 35.4 Å². The number of halogens is 2. The molecule has 3 aromatic rings. The van der Waals surface area contributed by atoms with Crippen molar-refractivity contribution in [1.29, 1.82) is 0 Å². The summed E-state index contributed by atoms with van der Waals surface area (Å²) < 4.78 is 33.6. The smallest absolute Gasteiger partial charge is 0.407 e. The summed E-state index contributed by atoms with van der Waals surface area (Å²) in [5, 5.41) is 13.9. The highest BCUT2D eigenvalue weighted by Gasteiger charge is 2.44. The van der Waals surface area contributed by atoms with Gasteiger partial charge in [0, 0.05) is 17.9 Å². The monoisotopic (exact) mass is 509 g/mol. The zero-order valence-electron chi connectivity index (χ0n) is 19.1. The number of rotatable bonds is 6. The van der Waals surface area contributed by atoms with Gasteiger partial charge < -0.3 is 20.1 Å². The second kappa shape index (κ2) is 9.49. The summed E-state index contributed by atoms with van der Waals surface area (Å²) in [5.41, 5.74) is 0.318. The molecule has 1 amide bonds. The first-order valence-corrected chi connectivity index (χ1v) is 12.4. The molecule has 1 unspecified atom stereocenters. The number of ether oxygens (including phenoxy) is 1.